The molecule has 1 aromatic rings. The lowest BCUT2D eigenvalue weighted by molar-refractivity contribution is -0.137. The minimum Gasteiger partial charge on any atom is -0.381 e. The lowest BCUT2D eigenvalue weighted by Crippen LogP contribution is -2.51. The minimum absolute atomic E-state index is 0.0443. The molecule has 0 aromatic carbocycles. The molecule has 3 saturated heterocycles. The van der Waals surface area contributed by atoms with E-state index in [1.807, 2.05) is 11.8 Å². The number of hydrogen-bond donors (Lipinski definition) is 1. The monoisotopic (exact) mass is 544 g/mol. The number of hydrogen-bond acceptors (Lipinski definition) is 7. The summed E-state index contributed by atoms with van der Waals surface area (Å²) in [4.78, 5) is 20.6. The normalized spacial score (nSPS) is 23.9. The average molecular weight is 545 g/mol. The maximum absolute atomic E-state index is 13.0. The number of piperazine rings is 1. The van der Waals surface area contributed by atoms with E-state index in [2.05, 4.69) is 17.2 Å². The topological polar surface area (TPSA) is 76.2 Å². The Balaban J connectivity index is 0.000000715. The number of anilines is 1. The summed E-state index contributed by atoms with van der Waals surface area (Å²) in [5.74, 6) is 0.285. The highest BCUT2D eigenvalue weighted by Gasteiger charge is 2.32. The van der Waals surface area contributed by atoms with Gasteiger partial charge in [-0.15, -0.1) is 0 Å². The zero-order chi connectivity index (χ0) is 27.5. The van der Waals surface area contributed by atoms with Gasteiger partial charge in [0.1, 0.15) is 5.82 Å². The first kappa shape index (κ1) is 30.6. The molecule has 0 saturated carbocycles. The Bertz CT molecular complexity index is 840. The molecule has 4 rings (SSSR count). The van der Waals surface area contributed by atoms with E-state index >= 15 is 0 Å². The van der Waals surface area contributed by atoms with E-state index in [4.69, 9.17) is 14.2 Å². The first-order valence-corrected chi connectivity index (χ1v) is 13.7. The smallest absolute Gasteiger partial charge is 0.381 e. The van der Waals surface area contributed by atoms with Crippen molar-refractivity contribution in [2.24, 2.45) is 5.92 Å². The van der Waals surface area contributed by atoms with Crippen molar-refractivity contribution >= 4 is 11.7 Å². The molecular formula is C27H43F3N4O4. The number of nitrogens with one attached hydrogen (secondary N) is 1. The van der Waals surface area contributed by atoms with E-state index in [9.17, 15) is 18.0 Å². The zero-order valence-electron chi connectivity index (χ0n) is 22.8. The second-order valence-corrected chi connectivity index (χ2v) is 10.3. The van der Waals surface area contributed by atoms with Crippen LogP contribution in [0.15, 0.2) is 18.3 Å². The summed E-state index contributed by atoms with van der Waals surface area (Å²) in [6.45, 7) is 9.28. The average Bonchev–Trinajstić information content (AvgIpc) is 3.52. The van der Waals surface area contributed by atoms with Crippen LogP contribution < -0.4 is 10.2 Å². The van der Waals surface area contributed by atoms with Gasteiger partial charge in [0, 0.05) is 77.3 Å². The first-order chi connectivity index (χ1) is 18.2. The largest absolute Gasteiger partial charge is 0.416 e. The fourth-order valence-corrected chi connectivity index (χ4v) is 4.95. The number of amides is 1. The Labute approximate surface area is 224 Å². The van der Waals surface area contributed by atoms with Gasteiger partial charge < -0.3 is 29.3 Å². The summed E-state index contributed by atoms with van der Waals surface area (Å²) in [7, 11) is 1.70. The standard InChI is InChI=1S/C23H35F3N4O3.C4H8O/c1-16(4-5-17(2)28-19-7-13-33-15-20(19)32-3)22(31)30-11-9-29(10-12-30)21-14-18(6-8-27-21)23(24,25)26;1-2-4-5-3-1/h6,8,14,16-17,19-20,28H,4-5,7,9-13,15H2,1-3H3;1-4H2. The molecule has 1 amide bonds. The van der Waals surface area contributed by atoms with Gasteiger partial charge in [-0.2, -0.15) is 13.2 Å². The van der Waals surface area contributed by atoms with Crippen molar-refractivity contribution in [2.75, 3.05) is 64.6 Å². The maximum Gasteiger partial charge on any atom is 0.416 e. The molecular weight excluding hydrogens is 501 g/mol. The number of aromatic nitrogens is 1. The predicted molar refractivity (Wildman–Crippen MR) is 139 cm³/mol. The molecule has 3 aliphatic heterocycles. The summed E-state index contributed by atoms with van der Waals surface area (Å²) in [5, 5.41) is 3.61. The van der Waals surface area contributed by atoms with Gasteiger partial charge >= 0.3 is 6.18 Å². The van der Waals surface area contributed by atoms with Crippen LogP contribution in [-0.2, 0) is 25.2 Å². The third-order valence-corrected chi connectivity index (χ3v) is 7.38. The SMILES string of the molecule is C1CCOC1.COC1COCCC1NC(C)CCC(C)C(=O)N1CCN(c2cc(C(F)(F)F)ccn2)CC1. The van der Waals surface area contributed by atoms with Crippen LogP contribution in [0.5, 0.6) is 0 Å². The van der Waals surface area contributed by atoms with Crippen molar-refractivity contribution in [1.82, 2.24) is 15.2 Å². The summed E-state index contributed by atoms with van der Waals surface area (Å²) < 4.78 is 54.8. The van der Waals surface area contributed by atoms with Gasteiger partial charge in [-0.1, -0.05) is 6.92 Å². The van der Waals surface area contributed by atoms with Crippen molar-refractivity contribution in [3.63, 3.8) is 0 Å². The van der Waals surface area contributed by atoms with Gasteiger partial charge in [-0.05, 0) is 51.2 Å². The molecule has 8 nitrogen and oxygen atoms in total. The highest BCUT2D eigenvalue weighted by Crippen LogP contribution is 2.31. The Morgan fingerprint density at radius 3 is 2.45 bits per heavy atom. The van der Waals surface area contributed by atoms with E-state index in [-0.39, 0.29) is 30.0 Å². The van der Waals surface area contributed by atoms with Gasteiger partial charge in [-0.3, -0.25) is 4.79 Å². The minimum atomic E-state index is -4.40. The summed E-state index contributed by atoms with van der Waals surface area (Å²) in [6.07, 6.45) is 1.93. The van der Waals surface area contributed by atoms with Crippen LogP contribution >= 0.6 is 0 Å². The fraction of sp³-hybridized carbons (Fsp3) is 0.778. The lowest BCUT2D eigenvalue weighted by Gasteiger charge is -2.37. The molecule has 0 bridgehead atoms. The van der Waals surface area contributed by atoms with Crippen molar-refractivity contribution in [3.8, 4) is 0 Å². The number of alkyl halides is 3. The number of carbonyl (C=O) groups is 1. The van der Waals surface area contributed by atoms with Crippen LogP contribution in [-0.4, -0.2) is 93.7 Å². The molecule has 0 spiro atoms. The first-order valence-electron chi connectivity index (χ1n) is 13.7. The molecule has 4 atom stereocenters. The van der Waals surface area contributed by atoms with E-state index in [1.54, 1.807) is 12.0 Å². The van der Waals surface area contributed by atoms with E-state index < -0.39 is 11.7 Å². The highest BCUT2D eigenvalue weighted by atomic mass is 19.4. The summed E-state index contributed by atoms with van der Waals surface area (Å²) in [5.41, 5.74) is -0.708. The van der Waals surface area contributed by atoms with Crippen LogP contribution in [0.25, 0.3) is 0 Å². The molecule has 3 fully saturated rings. The van der Waals surface area contributed by atoms with Crippen LogP contribution in [0.1, 0.15) is 51.5 Å². The van der Waals surface area contributed by atoms with Crippen molar-refractivity contribution < 1.29 is 32.2 Å². The Morgan fingerprint density at radius 1 is 1.13 bits per heavy atom. The summed E-state index contributed by atoms with van der Waals surface area (Å²) in [6, 6.07) is 2.55. The fourth-order valence-electron chi connectivity index (χ4n) is 4.95. The highest BCUT2D eigenvalue weighted by molar-refractivity contribution is 5.78. The second kappa shape index (κ2) is 15.0. The van der Waals surface area contributed by atoms with Gasteiger partial charge in [-0.25, -0.2) is 4.98 Å². The van der Waals surface area contributed by atoms with Gasteiger partial charge in [0.2, 0.25) is 5.91 Å². The number of rotatable bonds is 8. The van der Waals surface area contributed by atoms with Crippen LogP contribution in [0.4, 0.5) is 19.0 Å². The second-order valence-electron chi connectivity index (χ2n) is 10.3. The van der Waals surface area contributed by atoms with E-state index in [1.165, 1.54) is 19.0 Å². The number of halogens is 3. The molecule has 0 radical (unpaired) electrons. The molecule has 11 heteroatoms. The van der Waals surface area contributed by atoms with E-state index in [0.29, 0.717) is 38.6 Å². The Hall–Kier alpha value is -1.95. The third-order valence-electron chi connectivity index (χ3n) is 7.38. The van der Waals surface area contributed by atoms with Crippen LogP contribution in [0.3, 0.4) is 0 Å². The molecule has 216 valence electrons. The predicted octanol–water partition coefficient (Wildman–Crippen LogP) is 3.74. The summed E-state index contributed by atoms with van der Waals surface area (Å²) >= 11 is 0. The van der Waals surface area contributed by atoms with Gasteiger partial charge in [0.25, 0.3) is 0 Å². The lowest BCUT2D eigenvalue weighted by atomic mass is 9.98. The van der Waals surface area contributed by atoms with Crippen molar-refractivity contribution in [2.45, 2.75) is 70.3 Å². The Kier molecular flexibility index (Phi) is 12.1. The number of ether oxygens (including phenoxy) is 3. The molecule has 1 aromatic heterocycles. The number of methoxy groups -OCH3 is 1. The number of carbonyl (C=O) groups excluding carboxylic acids is 1. The maximum atomic E-state index is 13.0. The number of pyridine rings is 1. The molecule has 4 unspecified atom stereocenters. The third kappa shape index (κ3) is 9.36. The van der Waals surface area contributed by atoms with Gasteiger partial charge in [0.15, 0.2) is 0 Å². The quantitative estimate of drug-likeness (QED) is 0.534. The number of nitrogens with zero attached hydrogens (tertiary/aromatic N) is 3. The molecule has 1 N–H and O–H groups in total. The molecule has 3 aliphatic rings. The van der Waals surface area contributed by atoms with E-state index in [0.717, 1.165) is 51.2 Å². The molecule has 0 aliphatic carbocycles. The molecule has 4 heterocycles. The Morgan fingerprint density at radius 2 is 1.84 bits per heavy atom. The van der Waals surface area contributed by atoms with Crippen molar-refractivity contribution in [3.05, 3.63) is 23.9 Å². The molecule has 38 heavy (non-hydrogen) atoms. The van der Waals surface area contributed by atoms with Crippen LogP contribution in [0, 0.1) is 5.92 Å². The van der Waals surface area contributed by atoms with Crippen LogP contribution in [0.2, 0.25) is 0 Å². The van der Waals surface area contributed by atoms with Gasteiger partial charge in [0.05, 0.1) is 18.3 Å². The zero-order valence-corrected chi connectivity index (χ0v) is 22.8. The van der Waals surface area contributed by atoms with Crippen molar-refractivity contribution in [1.29, 1.82) is 0 Å².